The summed E-state index contributed by atoms with van der Waals surface area (Å²) in [5.41, 5.74) is 1.91. The molecule has 0 saturated carbocycles. The Morgan fingerprint density at radius 2 is 2.22 bits per heavy atom. The van der Waals surface area contributed by atoms with E-state index < -0.39 is 0 Å². The number of aryl methyl sites for hydroxylation is 1. The van der Waals surface area contributed by atoms with Gasteiger partial charge in [-0.2, -0.15) is 0 Å². The Bertz CT molecular complexity index is 439. The summed E-state index contributed by atoms with van der Waals surface area (Å²) in [6.45, 7) is 3.66. The van der Waals surface area contributed by atoms with Crippen molar-refractivity contribution in [3.05, 3.63) is 33.8 Å². The number of nitrogens with one attached hydrogen (secondary N) is 1. The van der Waals surface area contributed by atoms with Crippen molar-refractivity contribution >= 4 is 34.2 Å². The number of likely N-dealkylation sites (tertiary alicyclic amines) is 1. The highest BCUT2D eigenvalue weighted by atomic mass is 79.9. The second-order valence-corrected chi connectivity index (χ2v) is 5.36. The molecule has 1 heterocycles. The maximum atomic E-state index is 12.3. The fourth-order valence-corrected chi connectivity index (χ4v) is 2.81. The third kappa shape index (κ3) is 3.25. The highest BCUT2D eigenvalue weighted by Crippen LogP contribution is 2.22. The van der Waals surface area contributed by atoms with Gasteiger partial charge in [0, 0.05) is 23.6 Å². The summed E-state index contributed by atoms with van der Waals surface area (Å²) in [6.07, 6.45) is 1.03. The number of rotatable bonds is 2. The number of nitrogens with zero attached hydrogens (tertiary/aromatic N) is 1. The molecule has 1 saturated heterocycles. The molecule has 1 atom stereocenters. The van der Waals surface area contributed by atoms with Crippen LogP contribution in [0.1, 0.15) is 22.3 Å². The Labute approximate surface area is 122 Å². The molecule has 1 amide bonds. The molecule has 100 valence electrons. The van der Waals surface area contributed by atoms with Crippen molar-refractivity contribution in [2.75, 3.05) is 20.1 Å². The topological polar surface area (TPSA) is 32.3 Å². The molecule has 1 aliphatic heterocycles. The van der Waals surface area contributed by atoms with Crippen LogP contribution in [-0.4, -0.2) is 37.0 Å². The van der Waals surface area contributed by atoms with Crippen molar-refractivity contribution in [3.63, 3.8) is 0 Å². The van der Waals surface area contributed by atoms with Gasteiger partial charge < -0.3 is 10.2 Å². The van der Waals surface area contributed by atoms with Gasteiger partial charge >= 0.3 is 0 Å². The summed E-state index contributed by atoms with van der Waals surface area (Å²) >= 11 is 3.46. The molecule has 1 aromatic rings. The van der Waals surface area contributed by atoms with Crippen LogP contribution < -0.4 is 5.32 Å². The zero-order valence-corrected chi connectivity index (χ0v) is 13.0. The van der Waals surface area contributed by atoms with Crippen LogP contribution in [0.2, 0.25) is 0 Å². The third-order valence-electron chi connectivity index (χ3n) is 3.24. The molecule has 0 spiro atoms. The number of amides is 1. The largest absolute Gasteiger partial charge is 0.337 e. The predicted octanol–water partition coefficient (Wildman–Crippen LogP) is 2.61. The first-order valence-corrected chi connectivity index (χ1v) is 6.64. The lowest BCUT2D eigenvalue weighted by atomic mass is 10.1. The van der Waals surface area contributed by atoms with Gasteiger partial charge in [-0.05, 0) is 54.0 Å². The summed E-state index contributed by atoms with van der Waals surface area (Å²) in [7, 11) is 1.94. The lowest BCUT2D eigenvalue weighted by Crippen LogP contribution is -2.33. The normalized spacial score (nSPS) is 18.6. The van der Waals surface area contributed by atoms with Crippen LogP contribution >= 0.6 is 28.3 Å². The van der Waals surface area contributed by atoms with E-state index in [1.54, 1.807) is 0 Å². The Kier molecular flexibility index (Phi) is 5.63. The number of hydrogen-bond acceptors (Lipinski definition) is 2. The van der Waals surface area contributed by atoms with Gasteiger partial charge in [0.2, 0.25) is 0 Å². The fourth-order valence-electron chi connectivity index (χ4n) is 2.14. The lowest BCUT2D eigenvalue weighted by molar-refractivity contribution is 0.0789. The minimum atomic E-state index is 0. The number of likely N-dealkylation sites (N-methyl/N-ethyl adjacent to an activating group) is 1. The lowest BCUT2D eigenvalue weighted by Gasteiger charge is -2.17. The van der Waals surface area contributed by atoms with E-state index in [0.29, 0.717) is 6.04 Å². The first-order valence-electron chi connectivity index (χ1n) is 5.84. The Hall–Kier alpha value is -0.580. The smallest absolute Gasteiger partial charge is 0.255 e. The van der Waals surface area contributed by atoms with Crippen molar-refractivity contribution < 1.29 is 4.79 Å². The Morgan fingerprint density at radius 3 is 2.78 bits per heavy atom. The minimum absolute atomic E-state index is 0. The molecule has 0 radical (unpaired) electrons. The van der Waals surface area contributed by atoms with Gasteiger partial charge in [0.15, 0.2) is 0 Å². The predicted molar refractivity (Wildman–Crippen MR) is 79.5 cm³/mol. The second-order valence-electron chi connectivity index (χ2n) is 4.51. The van der Waals surface area contributed by atoms with E-state index in [2.05, 4.69) is 21.2 Å². The van der Waals surface area contributed by atoms with Crippen LogP contribution in [0.4, 0.5) is 0 Å². The van der Waals surface area contributed by atoms with E-state index in [4.69, 9.17) is 0 Å². The number of halogens is 2. The van der Waals surface area contributed by atoms with Crippen molar-refractivity contribution in [2.45, 2.75) is 19.4 Å². The molecule has 1 aromatic carbocycles. The molecule has 2 rings (SSSR count). The van der Waals surface area contributed by atoms with Crippen LogP contribution in [0.15, 0.2) is 22.7 Å². The number of carbonyl (C=O) groups excluding carboxylic acids is 1. The van der Waals surface area contributed by atoms with Gasteiger partial charge in [-0.1, -0.05) is 6.07 Å². The summed E-state index contributed by atoms with van der Waals surface area (Å²) in [5.74, 6) is 0.120. The molecule has 1 aliphatic rings. The average molecular weight is 334 g/mol. The second kappa shape index (κ2) is 6.55. The summed E-state index contributed by atoms with van der Waals surface area (Å²) < 4.78 is 0.885. The van der Waals surface area contributed by atoms with E-state index in [-0.39, 0.29) is 18.3 Å². The van der Waals surface area contributed by atoms with Crippen LogP contribution in [0.3, 0.4) is 0 Å². The summed E-state index contributed by atoms with van der Waals surface area (Å²) in [6, 6.07) is 6.29. The van der Waals surface area contributed by atoms with Crippen LogP contribution in [0.5, 0.6) is 0 Å². The van der Waals surface area contributed by atoms with Crippen LogP contribution in [-0.2, 0) is 0 Å². The van der Waals surface area contributed by atoms with Gasteiger partial charge in [-0.25, -0.2) is 0 Å². The number of hydrogen-bond donors (Lipinski definition) is 1. The summed E-state index contributed by atoms with van der Waals surface area (Å²) in [5, 5.41) is 3.22. The van der Waals surface area contributed by atoms with Crippen molar-refractivity contribution in [2.24, 2.45) is 0 Å². The van der Waals surface area contributed by atoms with Gasteiger partial charge in [0.05, 0.1) is 5.56 Å². The third-order valence-corrected chi connectivity index (χ3v) is 3.89. The number of benzene rings is 1. The van der Waals surface area contributed by atoms with Gasteiger partial charge in [-0.15, -0.1) is 12.4 Å². The molecule has 1 unspecified atom stereocenters. The monoisotopic (exact) mass is 332 g/mol. The van der Waals surface area contributed by atoms with E-state index >= 15 is 0 Å². The van der Waals surface area contributed by atoms with E-state index in [0.717, 1.165) is 35.1 Å². The van der Waals surface area contributed by atoms with Crippen LogP contribution in [0.25, 0.3) is 0 Å². The molecule has 5 heteroatoms. The SMILES string of the molecule is CNC1CCN(C(=O)c2ccc(C)cc2Br)C1.Cl. The zero-order valence-electron chi connectivity index (χ0n) is 10.6. The molecule has 18 heavy (non-hydrogen) atoms. The molecule has 1 fully saturated rings. The highest BCUT2D eigenvalue weighted by molar-refractivity contribution is 9.10. The average Bonchev–Trinajstić information content (AvgIpc) is 2.76. The minimum Gasteiger partial charge on any atom is -0.337 e. The van der Waals surface area contributed by atoms with Gasteiger partial charge in [-0.3, -0.25) is 4.79 Å². The standard InChI is InChI=1S/C13H17BrN2O.ClH/c1-9-3-4-11(12(14)7-9)13(17)16-6-5-10(8-16)15-2;/h3-4,7,10,15H,5-6,8H2,1-2H3;1H. The highest BCUT2D eigenvalue weighted by Gasteiger charge is 2.26. The molecule has 3 nitrogen and oxygen atoms in total. The molecule has 0 aromatic heterocycles. The van der Waals surface area contributed by atoms with Crippen molar-refractivity contribution in [1.29, 1.82) is 0 Å². The maximum absolute atomic E-state index is 12.3. The molecule has 0 bridgehead atoms. The Morgan fingerprint density at radius 1 is 1.50 bits per heavy atom. The number of carbonyl (C=O) groups is 1. The van der Waals surface area contributed by atoms with Crippen LogP contribution in [0, 0.1) is 6.92 Å². The fraction of sp³-hybridized carbons (Fsp3) is 0.462. The van der Waals surface area contributed by atoms with E-state index in [1.165, 1.54) is 0 Å². The molecule has 0 aliphatic carbocycles. The first-order chi connectivity index (χ1) is 8.11. The molecular formula is C13H18BrClN2O. The zero-order chi connectivity index (χ0) is 12.4. The van der Waals surface area contributed by atoms with Crippen molar-refractivity contribution in [3.8, 4) is 0 Å². The van der Waals surface area contributed by atoms with Gasteiger partial charge in [0.1, 0.15) is 0 Å². The van der Waals surface area contributed by atoms with Gasteiger partial charge in [0.25, 0.3) is 5.91 Å². The van der Waals surface area contributed by atoms with Crippen molar-refractivity contribution in [1.82, 2.24) is 10.2 Å². The van der Waals surface area contributed by atoms with E-state index in [9.17, 15) is 4.79 Å². The molecular weight excluding hydrogens is 316 g/mol. The first kappa shape index (κ1) is 15.5. The quantitative estimate of drug-likeness (QED) is 0.902. The maximum Gasteiger partial charge on any atom is 0.255 e. The Balaban J connectivity index is 0.00000162. The molecule has 1 N–H and O–H groups in total. The van der Waals surface area contributed by atoms with E-state index in [1.807, 2.05) is 37.1 Å². The summed E-state index contributed by atoms with van der Waals surface area (Å²) in [4.78, 5) is 14.2.